The summed E-state index contributed by atoms with van der Waals surface area (Å²) in [5.41, 5.74) is 1.03. The van der Waals surface area contributed by atoms with Crippen molar-refractivity contribution < 1.29 is 14.6 Å². The highest BCUT2D eigenvalue weighted by Crippen LogP contribution is 2.49. The van der Waals surface area contributed by atoms with Gasteiger partial charge >= 0.3 is 5.97 Å². The molecule has 126 valence electrons. The molecule has 0 saturated heterocycles. The van der Waals surface area contributed by atoms with E-state index in [-0.39, 0.29) is 17.6 Å². The van der Waals surface area contributed by atoms with Crippen LogP contribution in [0.2, 0.25) is 0 Å². The van der Waals surface area contributed by atoms with Crippen LogP contribution in [0.15, 0.2) is 61.2 Å². The molecule has 0 spiro atoms. The van der Waals surface area contributed by atoms with Crippen molar-refractivity contribution in [2.45, 2.75) is 38.5 Å². The third-order valence-electron chi connectivity index (χ3n) is 4.49. The van der Waals surface area contributed by atoms with Crippen LogP contribution >= 0.6 is 0 Å². The fourth-order valence-corrected chi connectivity index (χ4v) is 3.18. The Morgan fingerprint density at radius 3 is 2.42 bits per heavy atom. The first-order valence-corrected chi connectivity index (χ1v) is 8.29. The summed E-state index contributed by atoms with van der Waals surface area (Å²) in [5, 5.41) is 9.50. The van der Waals surface area contributed by atoms with E-state index in [1.165, 1.54) is 0 Å². The number of aromatic hydroxyl groups is 1. The number of hydrogen-bond donors (Lipinski definition) is 1. The molecule has 0 aliphatic carbocycles. The average molecular weight is 324 g/mol. The number of rotatable bonds is 3. The lowest BCUT2D eigenvalue weighted by Crippen LogP contribution is -2.45. The fraction of sp³-hybridized carbons (Fsp3) is 0.286. The number of esters is 1. The Hall–Kier alpha value is -2.55. The van der Waals surface area contributed by atoms with Crippen LogP contribution in [0.1, 0.15) is 44.2 Å². The number of benzene rings is 2. The molecule has 2 aromatic carbocycles. The van der Waals surface area contributed by atoms with Crippen molar-refractivity contribution in [2.75, 3.05) is 0 Å². The van der Waals surface area contributed by atoms with E-state index in [9.17, 15) is 9.90 Å². The summed E-state index contributed by atoms with van der Waals surface area (Å²) < 4.78 is 5.57. The van der Waals surface area contributed by atoms with Crippen molar-refractivity contribution in [2.24, 2.45) is 0 Å². The first-order chi connectivity index (χ1) is 11.6. The van der Waals surface area contributed by atoms with Crippen molar-refractivity contribution in [1.29, 1.82) is 0 Å². The lowest BCUT2D eigenvalue weighted by Gasteiger charge is -2.40. The van der Waals surface area contributed by atoms with Crippen molar-refractivity contribution in [3.63, 3.8) is 0 Å². The molecular formula is C21H24O3. The van der Waals surface area contributed by atoms with Gasteiger partial charge in [-0.25, -0.2) is 0 Å². The van der Waals surface area contributed by atoms with Gasteiger partial charge in [-0.1, -0.05) is 50.3 Å². The quantitative estimate of drug-likeness (QED) is 0.493. The maximum atomic E-state index is 12.7. The number of phenolic OH excluding ortho intramolecular Hbond substituents is 1. The van der Waals surface area contributed by atoms with Gasteiger partial charge in [-0.15, -0.1) is 6.58 Å². The van der Waals surface area contributed by atoms with Crippen molar-refractivity contribution >= 4 is 5.97 Å². The summed E-state index contributed by atoms with van der Waals surface area (Å²) in [5.74, 6) is 0.475. The lowest BCUT2D eigenvalue weighted by atomic mass is 9.66. The van der Waals surface area contributed by atoms with Crippen LogP contribution in [0.3, 0.4) is 0 Å². The molecule has 24 heavy (non-hydrogen) atoms. The molecule has 0 saturated carbocycles. The van der Waals surface area contributed by atoms with Gasteiger partial charge in [0.2, 0.25) is 0 Å². The van der Waals surface area contributed by atoms with Crippen LogP contribution in [0.4, 0.5) is 0 Å². The Bertz CT molecular complexity index is 718. The second-order valence-electron chi connectivity index (χ2n) is 5.75. The molecule has 2 unspecified atom stereocenters. The molecule has 0 aromatic heterocycles. The number of fused-ring (bicyclic) bond motifs is 1. The molecule has 3 rings (SSSR count). The fourth-order valence-electron chi connectivity index (χ4n) is 3.18. The summed E-state index contributed by atoms with van der Waals surface area (Å²) in [6.45, 7) is 9.73. The lowest BCUT2D eigenvalue weighted by molar-refractivity contribution is -0.143. The highest BCUT2D eigenvalue weighted by Gasteiger charge is 2.48. The zero-order chi connectivity index (χ0) is 17.7. The number of carbonyl (C=O) groups excluding carboxylic acids is 1. The van der Waals surface area contributed by atoms with Crippen molar-refractivity contribution in [3.8, 4) is 11.5 Å². The Morgan fingerprint density at radius 2 is 1.79 bits per heavy atom. The van der Waals surface area contributed by atoms with Gasteiger partial charge in [0, 0.05) is 5.92 Å². The highest BCUT2D eigenvalue weighted by molar-refractivity contribution is 5.88. The molecule has 0 fully saturated rings. The number of hydrogen-bond acceptors (Lipinski definition) is 3. The first kappa shape index (κ1) is 17.8. The Kier molecular flexibility index (Phi) is 5.45. The number of carbonyl (C=O) groups is 1. The SMILES string of the molecule is C=CCC1c2ccccc2OC(=O)C1(C)c1ccc(O)cc1.CC. The van der Waals surface area contributed by atoms with Crippen molar-refractivity contribution in [1.82, 2.24) is 0 Å². The maximum Gasteiger partial charge on any atom is 0.322 e. The second-order valence-corrected chi connectivity index (χ2v) is 5.75. The van der Waals surface area contributed by atoms with Gasteiger partial charge in [-0.05, 0) is 42.7 Å². The number of phenols is 1. The van der Waals surface area contributed by atoms with E-state index in [0.717, 1.165) is 11.1 Å². The minimum atomic E-state index is -0.809. The Labute approximate surface area is 143 Å². The van der Waals surface area contributed by atoms with Gasteiger partial charge in [0.05, 0.1) is 5.41 Å². The summed E-state index contributed by atoms with van der Waals surface area (Å²) in [6.07, 6.45) is 2.50. The van der Waals surface area contributed by atoms with E-state index < -0.39 is 5.41 Å². The summed E-state index contributed by atoms with van der Waals surface area (Å²) in [4.78, 5) is 12.7. The Morgan fingerprint density at radius 1 is 1.17 bits per heavy atom. The monoisotopic (exact) mass is 324 g/mol. The molecule has 1 aliphatic heterocycles. The molecule has 1 N–H and O–H groups in total. The van der Waals surface area contributed by atoms with E-state index >= 15 is 0 Å². The van der Waals surface area contributed by atoms with Gasteiger partial charge in [0.15, 0.2) is 0 Å². The van der Waals surface area contributed by atoms with Crippen molar-refractivity contribution in [3.05, 3.63) is 72.3 Å². The number of allylic oxidation sites excluding steroid dienone is 1. The van der Waals surface area contributed by atoms with Crippen LogP contribution in [-0.4, -0.2) is 11.1 Å². The summed E-state index contributed by atoms with van der Waals surface area (Å²) >= 11 is 0. The van der Waals surface area contributed by atoms with Crippen LogP contribution in [0.5, 0.6) is 11.5 Å². The minimum Gasteiger partial charge on any atom is -0.508 e. The molecule has 0 amide bonds. The van der Waals surface area contributed by atoms with Crippen LogP contribution < -0.4 is 4.74 Å². The number of ether oxygens (including phenoxy) is 1. The summed E-state index contributed by atoms with van der Waals surface area (Å²) in [6, 6.07) is 14.4. The predicted octanol–water partition coefficient (Wildman–Crippen LogP) is 4.96. The predicted molar refractivity (Wildman–Crippen MR) is 96.4 cm³/mol. The topological polar surface area (TPSA) is 46.5 Å². The Balaban J connectivity index is 0.00000100. The first-order valence-electron chi connectivity index (χ1n) is 8.29. The van der Waals surface area contributed by atoms with Gasteiger partial charge < -0.3 is 9.84 Å². The summed E-state index contributed by atoms with van der Waals surface area (Å²) in [7, 11) is 0. The second kappa shape index (κ2) is 7.35. The standard InChI is InChI=1S/C19H18O3.C2H6/c1-3-6-16-15-7-4-5-8-17(15)22-18(21)19(16,2)13-9-11-14(20)12-10-13;1-2/h3-5,7-12,16,20H,1,6H2,2H3;1-2H3. The molecule has 0 radical (unpaired) electrons. The molecule has 3 heteroatoms. The number of para-hydroxylation sites is 1. The van der Waals surface area contributed by atoms with E-state index in [0.29, 0.717) is 12.2 Å². The van der Waals surface area contributed by atoms with Gasteiger partial charge in [-0.2, -0.15) is 0 Å². The molecular weight excluding hydrogens is 300 g/mol. The zero-order valence-electron chi connectivity index (χ0n) is 14.5. The van der Waals surface area contributed by atoms with E-state index in [2.05, 4.69) is 6.58 Å². The van der Waals surface area contributed by atoms with Gasteiger partial charge in [0.25, 0.3) is 0 Å². The highest BCUT2D eigenvalue weighted by atomic mass is 16.5. The average Bonchev–Trinajstić information content (AvgIpc) is 2.61. The van der Waals surface area contributed by atoms with Crippen LogP contribution in [-0.2, 0) is 10.2 Å². The maximum absolute atomic E-state index is 12.7. The zero-order valence-corrected chi connectivity index (χ0v) is 14.5. The van der Waals surface area contributed by atoms with E-state index in [4.69, 9.17) is 4.74 Å². The third kappa shape index (κ3) is 2.94. The normalized spacial score (nSPS) is 21.8. The largest absolute Gasteiger partial charge is 0.508 e. The molecule has 0 bridgehead atoms. The van der Waals surface area contributed by atoms with Crippen LogP contribution in [0.25, 0.3) is 0 Å². The third-order valence-corrected chi connectivity index (χ3v) is 4.49. The smallest absolute Gasteiger partial charge is 0.322 e. The molecule has 1 heterocycles. The molecule has 2 aromatic rings. The molecule has 1 aliphatic rings. The van der Waals surface area contributed by atoms with Gasteiger partial charge in [-0.3, -0.25) is 4.79 Å². The van der Waals surface area contributed by atoms with E-state index in [1.54, 1.807) is 24.3 Å². The van der Waals surface area contributed by atoms with Crippen LogP contribution in [0, 0.1) is 0 Å². The van der Waals surface area contributed by atoms with Gasteiger partial charge in [0.1, 0.15) is 11.5 Å². The molecule has 2 atom stereocenters. The van der Waals surface area contributed by atoms with E-state index in [1.807, 2.05) is 51.1 Å². The minimum absolute atomic E-state index is 0.0491. The molecule has 3 nitrogen and oxygen atoms in total.